The standard InChI is InChI=1S/C24H28N12O/c1-14-20(24(2,3)36-23(34(14)4)31-32-33-36)22(37)28-15-5-6-17-16(11-15)21(30-29-17)18-12-19(27-13-26-18)35-9-7-25-8-10-35/h5-6,11-13,25H,7-10H2,1-4H3,(H,28,37)(H,29,30). The van der Waals surface area contributed by atoms with Crippen LogP contribution in [0, 0.1) is 0 Å². The number of aromatic nitrogens is 8. The van der Waals surface area contributed by atoms with E-state index < -0.39 is 5.54 Å². The van der Waals surface area contributed by atoms with Crippen LogP contribution in [0.3, 0.4) is 0 Å². The lowest BCUT2D eigenvalue weighted by Gasteiger charge is -2.37. The van der Waals surface area contributed by atoms with Crippen molar-refractivity contribution in [3.05, 3.63) is 41.9 Å². The molecular weight excluding hydrogens is 472 g/mol. The van der Waals surface area contributed by atoms with Gasteiger partial charge in [-0.25, -0.2) is 14.6 Å². The Hall–Kier alpha value is -4.39. The van der Waals surface area contributed by atoms with Gasteiger partial charge in [0.2, 0.25) is 5.95 Å². The Morgan fingerprint density at radius 3 is 2.76 bits per heavy atom. The van der Waals surface area contributed by atoms with Crippen molar-refractivity contribution in [1.82, 2.24) is 45.7 Å². The van der Waals surface area contributed by atoms with Gasteiger partial charge in [0.1, 0.15) is 17.8 Å². The van der Waals surface area contributed by atoms with E-state index in [9.17, 15) is 4.79 Å². The van der Waals surface area contributed by atoms with Crippen LogP contribution in [0.5, 0.6) is 0 Å². The molecule has 0 atom stereocenters. The van der Waals surface area contributed by atoms with Gasteiger partial charge in [-0.15, -0.1) is 0 Å². The van der Waals surface area contributed by atoms with E-state index in [-0.39, 0.29) is 5.91 Å². The molecule has 5 heterocycles. The van der Waals surface area contributed by atoms with Crippen LogP contribution in [-0.2, 0) is 10.3 Å². The summed E-state index contributed by atoms with van der Waals surface area (Å²) in [5.74, 6) is 1.25. The summed E-state index contributed by atoms with van der Waals surface area (Å²) in [6.45, 7) is 9.39. The molecule has 1 amide bonds. The monoisotopic (exact) mass is 500 g/mol. The van der Waals surface area contributed by atoms with Crippen LogP contribution in [0.15, 0.2) is 41.9 Å². The van der Waals surface area contributed by atoms with Crippen LogP contribution in [0.1, 0.15) is 20.8 Å². The van der Waals surface area contributed by atoms with E-state index in [2.05, 4.69) is 51.2 Å². The number of rotatable bonds is 4. The van der Waals surface area contributed by atoms with E-state index in [1.165, 1.54) is 0 Å². The molecule has 3 N–H and O–H groups in total. The maximum atomic E-state index is 13.6. The molecule has 0 bridgehead atoms. The zero-order valence-electron chi connectivity index (χ0n) is 21.1. The fourth-order valence-electron chi connectivity index (χ4n) is 5.09. The quantitative estimate of drug-likeness (QED) is 0.377. The van der Waals surface area contributed by atoms with E-state index >= 15 is 0 Å². The molecular formula is C24H28N12O. The fourth-order valence-corrected chi connectivity index (χ4v) is 5.09. The molecule has 0 aliphatic carbocycles. The third kappa shape index (κ3) is 3.78. The summed E-state index contributed by atoms with van der Waals surface area (Å²) in [5.41, 5.74) is 3.57. The van der Waals surface area contributed by atoms with Gasteiger partial charge in [0.15, 0.2) is 0 Å². The molecule has 0 spiro atoms. The number of hydrogen-bond donors (Lipinski definition) is 3. The minimum absolute atomic E-state index is 0.220. The van der Waals surface area contributed by atoms with Crippen molar-refractivity contribution in [2.45, 2.75) is 26.3 Å². The molecule has 1 aromatic carbocycles. The Bertz CT molecular complexity index is 1530. The highest BCUT2D eigenvalue weighted by Gasteiger charge is 2.41. The molecule has 3 aromatic heterocycles. The van der Waals surface area contributed by atoms with Crippen LogP contribution in [0.4, 0.5) is 17.5 Å². The summed E-state index contributed by atoms with van der Waals surface area (Å²) in [6, 6.07) is 7.63. The van der Waals surface area contributed by atoms with Crippen LogP contribution >= 0.6 is 0 Å². The number of piperazine rings is 1. The van der Waals surface area contributed by atoms with Crippen molar-refractivity contribution in [2.75, 3.05) is 48.3 Å². The molecule has 0 saturated carbocycles. The smallest absolute Gasteiger partial charge is 0.255 e. The van der Waals surface area contributed by atoms with Crippen molar-refractivity contribution >= 4 is 34.3 Å². The van der Waals surface area contributed by atoms with Crippen LogP contribution < -0.4 is 20.4 Å². The number of benzene rings is 1. The number of tetrazole rings is 1. The zero-order chi connectivity index (χ0) is 25.7. The number of nitrogens with one attached hydrogen (secondary N) is 3. The molecule has 190 valence electrons. The first kappa shape index (κ1) is 23.0. The first-order chi connectivity index (χ1) is 17.8. The summed E-state index contributed by atoms with van der Waals surface area (Å²) in [5, 5.41) is 26.9. The van der Waals surface area contributed by atoms with Crippen molar-refractivity contribution in [3.8, 4) is 11.4 Å². The number of carbonyl (C=O) groups is 1. The molecule has 37 heavy (non-hydrogen) atoms. The van der Waals surface area contributed by atoms with E-state index in [0.29, 0.717) is 22.9 Å². The van der Waals surface area contributed by atoms with E-state index in [4.69, 9.17) is 0 Å². The maximum absolute atomic E-state index is 13.6. The minimum atomic E-state index is -0.730. The minimum Gasteiger partial charge on any atom is -0.354 e. The highest BCUT2D eigenvalue weighted by atomic mass is 16.1. The number of allylic oxidation sites excluding steroid dienone is 1. The average Bonchev–Trinajstić information content (AvgIpc) is 3.56. The molecule has 13 heteroatoms. The molecule has 13 nitrogen and oxygen atoms in total. The number of carbonyl (C=O) groups excluding carboxylic acids is 1. The van der Waals surface area contributed by atoms with E-state index in [1.807, 2.05) is 57.0 Å². The largest absolute Gasteiger partial charge is 0.354 e. The third-order valence-electron chi connectivity index (χ3n) is 7.14. The second kappa shape index (κ2) is 8.62. The predicted molar refractivity (Wildman–Crippen MR) is 139 cm³/mol. The molecule has 2 aliphatic rings. The topological polar surface area (TPSA) is 146 Å². The number of aromatic amines is 1. The first-order valence-electron chi connectivity index (χ1n) is 12.2. The molecule has 1 saturated heterocycles. The number of H-pyrrole nitrogens is 1. The van der Waals surface area contributed by atoms with Crippen molar-refractivity contribution in [2.24, 2.45) is 0 Å². The normalized spacial score (nSPS) is 17.3. The Morgan fingerprint density at radius 1 is 1.14 bits per heavy atom. The van der Waals surface area contributed by atoms with Gasteiger partial charge >= 0.3 is 0 Å². The van der Waals surface area contributed by atoms with Gasteiger partial charge in [0, 0.05) is 56.1 Å². The Balaban J connectivity index is 1.32. The Labute approximate surface area is 213 Å². The highest BCUT2D eigenvalue weighted by molar-refractivity contribution is 6.07. The van der Waals surface area contributed by atoms with Crippen molar-refractivity contribution in [1.29, 1.82) is 0 Å². The summed E-state index contributed by atoms with van der Waals surface area (Å²) < 4.78 is 1.66. The van der Waals surface area contributed by atoms with Crippen LogP contribution in [0.25, 0.3) is 22.3 Å². The van der Waals surface area contributed by atoms with Crippen LogP contribution in [0.2, 0.25) is 0 Å². The van der Waals surface area contributed by atoms with Gasteiger partial charge in [-0.1, -0.05) is 5.10 Å². The fraction of sp³-hybridized carbons (Fsp3) is 0.375. The van der Waals surface area contributed by atoms with Crippen molar-refractivity contribution < 1.29 is 4.79 Å². The SMILES string of the molecule is CC1=C(C(=O)Nc2ccc3[nH]nc(-c4cc(N5CCNCC5)ncn4)c3c2)C(C)(C)n2nnnc2N1C. The molecule has 0 unspecified atom stereocenters. The number of hydrogen-bond acceptors (Lipinski definition) is 10. The Morgan fingerprint density at radius 2 is 1.95 bits per heavy atom. The second-order valence-corrected chi connectivity index (χ2v) is 9.75. The molecule has 1 fully saturated rings. The lowest BCUT2D eigenvalue weighted by molar-refractivity contribution is -0.113. The van der Waals surface area contributed by atoms with Crippen molar-refractivity contribution in [3.63, 3.8) is 0 Å². The average molecular weight is 501 g/mol. The predicted octanol–water partition coefficient (Wildman–Crippen LogP) is 1.51. The van der Waals surface area contributed by atoms with Gasteiger partial charge in [0.05, 0.1) is 22.3 Å². The zero-order valence-corrected chi connectivity index (χ0v) is 21.1. The number of amides is 1. The summed E-state index contributed by atoms with van der Waals surface area (Å²) >= 11 is 0. The molecule has 4 aromatic rings. The number of nitrogens with zero attached hydrogens (tertiary/aromatic N) is 9. The maximum Gasteiger partial charge on any atom is 0.255 e. The lowest BCUT2D eigenvalue weighted by atomic mass is 9.89. The second-order valence-electron chi connectivity index (χ2n) is 9.75. The third-order valence-corrected chi connectivity index (χ3v) is 7.14. The van der Waals surface area contributed by atoms with Crippen LogP contribution in [-0.4, -0.2) is 79.5 Å². The van der Waals surface area contributed by atoms with E-state index in [1.54, 1.807) is 11.0 Å². The van der Waals surface area contributed by atoms with Gasteiger partial charge in [-0.3, -0.25) is 9.89 Å². The lowest BCUT2D eigenvalue weighted by Crippen LogP contribution is -2.44. The molecule has 2 aliphatic heterocycles. The van der Waals surface area contributed by atoms with Gasteiger partial charge in [-0.05, 0) is 49.4 Å². The summed E-state index contributed by atoms with van der Waals surface area (Å²) in [4.78, 5) is 26.6. The van der Waals surface area contributed by atoms with Gasteiger partial charge in [-0.2, -0.15) is 5.10 Å². The number of fused-ring (bicyclic) bond motifs is 2. The highest BCUT2D eigenvalue weighted by Crippen LogP contribution is 2.37. The molecule has 6 rings (SSSR count). The summed E-state index contributed by atoms with van der Waals surface area (Å²) in [7, 11) is 1.85. The van der Waals surface area contributed by atoms with Gasteiger partial charge in [0.25, 0.3) is 5.91 Å². The number of anilines is 3. The first-order valence-corrected chi connectivity index (χ1v) is 12.2. The molecule has 0 radical (unpaired) electrons. The van der Waals surface area contributed by atoms with E-state index in [0.717, 1.165) is 54.3 Å². The Kier molecular flexibility index (Phi) is 5.37. The summed E-state index contributed by atoms with van der Waals surface area (Å²) in [6.07, 6.45) is 1.57. The van der Waals surface area contributed by atoms with Gasteiger partial charge < -0.3 is 20.4 Å².